The fourth-order valence-corrected chi connectivity index (χ4v) is 6.29. The van der Waals surface area contributed by atoms with E-state index in [9.17, 15) is 0 Å². The largest absolute Gasteiger partial charge is 0.310 e. The van der Waals surface area contributed by atoms with Gasteiger partial charge in [-0.25, -0.2) is 0 Å². The molecule has 5 aromatic rings. The number of halogens is 2. The maximum Gasteiger partial charge on any atom is 0.0464 e. The molecule has 0 spiro atoms. The van der Waals surface area contributed by atoms with Gasteiger partial charge in [-0.3, -0.25) is 0 Å². The molecule has 0 fully saturated rings. The molecule has 0 bridgehead atoms. The number of aryl methyl sites for hydroxylation is 2. The van der Waals surface area contributed by atoms with E-state index in [0.29, 0.717) is 0 Å². The number of hydrogen-bond donors (Lipinski definition) is 0. The average molecular weight is 759 g/mol. The molecule has 0 amide bonds. The van der Waals surface area contributed by atoms with Crippen molar-refractivity contribution in [2.75, 3.05) is 9.80 Å². The topological polar surface area (TPSA) is 6.48 Å². The molecule has 0 saturated carbocycles. The molecule has 0 unspecified atom stereocenters. The van der Waals surface area contributed by atoms with E-state index in [-0.39, 0.29) is 0 Å². The SMILES string of the molecule is C=CC=CCCCc1cccc(N(c2ccc(Br)cc2)c2ccc(N(c3ccc(Br)cc3)c3cccc(CCCC=CC=C)c3)cc2)c1. The van der Waals surface area contributed by atoms with Gasteiger partial charge < -0.3 is 9.80 Å². The van der Waals surface area contributed by atoms with Crippen LogP contribution in [0, 0.1) is 0 Å². The zero-order valence-corrected chi connectivity index (χ0v) is 30.5. The fraction of sp³-hybridized carbons (Fsp3) is 0.136. The lowest BCUT2D eigenvalue weighted by molar-refractivity contribution is 0.843. The molecule has 0 aromatic heterocycles. The molecule has 0 N–H and O–H groups in total. The van der Waals surface area contributed by atoms with E-state index < -0.39 is 0 Å². The second-order valence-electron chi connectivity index (χ2n) is 11.6. The Morgan fingerprint density at radius 1 is 0.458 bits per heavy atom. The summed E-state index contributed by atoms with van der Waals surface area (Å²) in [7, 11) is 0. The summed E-state index contributed by atoms with van der Waals surface area (Å²) in [6, 6.07) is 43.8. The summed E-state index contributed by atoms with van der Waals surface area (Å²) in [6.45, 7) is 7.55. The van der Waals surface area contributed by atoms with Crippen LogP contribution in [0.4, 0.5) is 34.1 Å². The highest BCUT2D eigenvalue weighted by Crippen LogP contribution is 2.40. The third kappa shape index (κ3) is 9.82. The van der Waals surface area contributed by atoms with E-state index in [0.717, 1.165) is 81.6 Å². The highest BCUT2D eigenvalue weighted by atomic mass is 79.9. The number of hydrogen-bond acceptors (Lipinski definition) is 2. The van der Waals surface area contributed by atoms with Crippen molar-refractivity contribution in [3.05, 3.63) is 191 Å². The lowest BCUT2D eigenvalue weighted by atomic mass is 10.1. The number of allylic oxidation sites excluding steroid dienone is 6. The van der Waals surface area contributed by atoms with E-state index in [1.165, 1.54) is 11.1 Å². The first kappa shape index (κ1) is 34.9. The first-order valence-electron chi connectivity index (χ1n) is 16.5. The Bertz CT molecular complexity index is 1680. The average Bonchev–Trinajstić information content (AvgIpc) is 3.11. The van der Waals surface area contributed by atoms with Gasteiger partial charge in [-0.05, 0) is 147 Å². The van der Waals surface area contributed by atoms with Gasteiger partial charge in [0, 0.05) is 43.1 Å². The fourth-order valence-electron chi connectivity index (χ4n) is 5.76. The molecule has 0 aliphatic carbocycles. The van der Waals surface area contributed by atoms with Crippen LogP contribution in [0.1, 0.15) is 36.8 Å². The minimum atomic E-state index is 1.02. The van der Waals surface area contributed by atoms with Crippen LogP contribution in [0.3, 0.4) is 0 Å². The highest BCUT2D eigenvalue weighted by Gasteiger charge is 2.17. The Balaban J connectivity index is 1.48. The molecule has 0 heterocycles. The van der Waals surface area contributed by atoms with Crippen LogP contribution in [0.15, 0.2) is 180 Å². The molecule has 0 aliphatic heterocycles. The molecule has 0 radical (unpaired) electrons. The molecular weight excluding hydrogens is 716 g/mol. The number of anilines is 6. The minimum Gasteiger partial charge on any atom is -0.310 e. The summed E-state index contributed by atoms with van der Waals surface area (Å²) in [4.78, 5) is 4.67. The normalized spacial score (nSPS) is 11.2. The second kappa shape index (κ2) is 18.2. The van der Waals surface area contributed by atoms with E-state index in [2.05, 4.69) is 188 Å². The van der Waals surface area contributed by atoms with Crippen molar-refractivity contribution in [2.45, 2.75) is 38.5 Å². The van der Waals surface area contributed by atoms with Crippen molar-refractivity contribution in [3.8, 4) is 0 Å². The third-order valence-electron chi connectivity index (χ3n) is 8.09. The van der Waals surface area contributed by atoms with Gasteiger partial charge in [-0.1, -0.05) is 106 Å². The first-order chi connectivity index (χ1) is 23.6. The Labute approximate surface area is 303 Å². The minimum absolute atomic E-state index is 1.02. The Hall–Kier alpha value is -4.38. The predicted molar refractivity (Wildman–Crippen MR) is 216 cm³/mol. The molecule has 0 saturated heterocycles. The molecule has 0 aliphatic rings. The number of benzene rings is 5. The van der Waals surface area contributed by atoms with Gasteiger partial charge >= 0.3 is 0 Å². The summed E-state index contributed by atoms with van der Waals surface area (Å²) in [5.74, 6) is 0. The standard InChI is InChI=1S/C44H42Br2N2/c1-3-5-7-9-11-15-35-17-13-19-43(33-35)47(39-25-21-37(45)22-26-39)41-29-31-42(32-30-41)48(40-27-23-38(46)24-28-40)44-20-14-18-36(34-44)16-12-10-8-6-4-2/h3-8,13-14,17-34H,1-2,9-12,15-16H2. The van der Waals surface area contributed by atoms with E-state index in [1.54, 1.807) is 0 Å². The molecule has 242 valence electrons. The van der Waals surface area contributed by atoms with Gasteiger partial charge in [0.25, 0.3) is 0 Å². The van der Waals surface area contributed by atoms with Crippen LogP contribution in [0.2, 0.25) is 0 Å². The number of unbranched alkanes of at least 4 members (excludes halogenated alkanes) is 2. The monoisotopic (exact) mass is 756 g/mol. The van der Waals surface area contributed by atoms with Gasteiger partial charge in [-0.15, -0.1) is 0 Å². The van der Waals surface area contributed by atoms with Crippen molar-refractivity contribution in [1.29, 1.82) is 0 Å². The maximum atomic E-state index is 3.78. The summed E-state index contributed by atoms with van der Waals surface area (Å²) < 4.78 is 2.12. The lowest BCUT2D eigenvalue weighted by Gasteiger charge is -2.29. The lowest BCUT2D eigenvalue weighted by Crippen LogP contribution is -2.12. The highest BCUT2D eigenvalue weighted by molar-refractivity contribution is 9.10. The molecule has 2 nitrogen and oxygen atoms in total. The van der Waals surface area contributed by atoms with Crippen LogP contribution >= 0.6 is 31.9 Å². The van der Waals surface area contributed by atoms with Crippen LogP contribution in [0.25, 0.3) is 0 Å². The molecule has 5 aromatic carbocycles. The quantitative estimate of drug-likeness (QED) is 0.0730. The molecule has 48 heavy (non-hydrogen) atoms. The van der Waals surface area contributed by atoms with Gasteiger partial charge in [0.05, 0.1) is 0 Å². The Morgan fingerprint density at radius 3 is 1.17 bits per heavy atom. The summed E-state index contributed by atoms with van der Waals surface area (Å²) in [5, 5.41) is 0. The van der Waals surface area contributed by atoms with E-state index >= 15 is 0 Å². The zero-order chi connectivity index (χ0) is 33.6. The van der Waals surface area contributed by atoms with Gasteiger partial charge in [0.15, 0.2) is 0 Å². The van der Waals surface area contributed by atoms with Crippen LogP contribution in [-0.4, -0.2) is 0 Å². The third-order valence-corrected chi connectivity index (χ3v) is 9.15. The summed E-state index contributed by atoms with van der Waals surface area (Å²) in [5.41, 5.74) is 9.37. The van der Waals surface area contributed by atoms with E-state index in [1.807, 2.05) is 24.3 Å². The van der Waals surface area contributed by atoms with Gasteiger partial charge in [-0.2, -0.15) is 0 Å². The smallest absolute Gasteiger partial charge is 0.0464 e. The van der Waals surface area contributed by atoms with Crippen LogP contribution < -0.4 is 9.80 Å². The van der Waals surface area contributed by atoms with Crippen molar-refractivity contribution in [2.24, 2.45) is 0 Å². The first-order valence-corrected chi connectivity index (χ1v) is 18.1. The van der Waals surface area contributed by atoms with Crippen LogP contribution in [0.5, 0.6) is 0 Å². The summed E-state index contributed by atoms with van der Waals surface area (Å²) >= 11 is 7.25. The van der Waals surface area contributed by atoms with Crippen molar-refractivity contribution >= 4 is 66.0 Å². The number of rotatable bonds is 16. The van der Waals surface area contributed by atoms with E-state index in [4.69, 9.17) is 0 Å². The van der Waals surface area contributed by atoms with Crippen LogP contribution in [-0.2, 0) is 12.8 Å². The number of nitrogens with zero attached hydrogens (tertiary/aromatic N) is 2. The predicted octanol–water partition coefficient (Wildman–Crippen LogP) is 14.3. The molecule has 0 atom stereocenters. The molecule has 5 rings (SSSR count). The Morgan fingerprint density at radius 2 is 0.812 bits per heavy atom. The summed E-state index contributed by atoms with van der Waals surface area (Å²) in [6.07, 6.45) is 18.4. The maximum absolute atomic E-state index is 3.78. The Kier molecular flexibility index (Phi) is 13.3. The van der Waals surface area contributed by atoms with Crippen molar-refractivity contribution in [1.82, 2.24) is 0 Å². The molecule has 4 heteroatoms. The van der Waals surface area contributed by atoms with Crippen molar-refractivity contribution < 1.29 is 0 Å². The second-order valence-corrected chi connectivity index (χ2v) is 13.4. The van der Waals surface area contributed by atoms with Gasteiger partial charge in [0.1, 0.15) is 0 Å². The molecular formula is C44H42Br2N2. The van der Waals surface area contributed by atoms with Crippen molar-refractivity contribution in [3.63, 3.8) is 0 Å². The zero-order valence-electron chi connectivity index (χ0n) is 27.3. The van der Waals surface area contributed by atoms with Gasteiger partial charge in [0.2, 0.25) is 0 Å².